The summed E-state index contributed by atoms with van der Waals surface area (Å²) in [7, 11) is 3.96. The fourth-order valence-electron chi connectivity index (χ4n) is 3.19. The van der Waals surface area contributed by atoms with E-state index in [1.165, 1.54) is 0 Å². The molecule has 1 fully saturated rings. The molecule has 4 rings (SSSR count). The lowest BCUT2D eigenvalue weighted by Crippen LogP contribution is -2.42. The minimum Gasteiger partial charge on any atom is -0.371 e. The maximum absolute atomic E-state index is 13.1. The van der Waals surface area contributed by atoms with Gasteiger partial charge in [-0.3, -0.25) is 9.48 Å². The number of carbonyl (C=O) groups excluding carboxylic acids is 1. The summed E-state index contributed by atoms with van der Waals surface area (Å²) in [5, 5.41) is 4.52. The molecule has 1 amide bonds. The Labute approximate surface area is 130 Å². The van der Waals surface area contributed by atoms with E-state index in [1.54, 1.807) is 4.68 Å². The standard InChI is InChI=1S/C17H20N4O/c1-19-9-10-21(15-6-4-3-5-14(15)19)17(22)13-11-20(2)18-16(13)12-7-8-12/h3-6,11-12H,7-10H2,1-2H3. The monoisotopic (exact) mass is 296 g/mol. The van der Waals surface area contributed by atoms with E-state index in [0.29, 0.717) is 12.5 Å². The number of rotatable bonds is 2. The summed E-state index contributed by atoms with van der Waals surface area (Å²) >= 11 is 0. The van der Waals surface area contributed by atoms with Crippen LogP contribution in [0.5, 0.6) is 0 Å². The first-order valence-electron chi connectivity index (χ1n) is 7.80. The minimum absolute atomic E-state index is 0.0792. The van der Waals surface area contributed by atoms with E-state index in [-0.39, 0.29) is 5.91 Å². The molecule has 1 aromatic carbocycles. The molecule has 0 radical (unpaired) electrons. The zero-order valence-electron chi connectivity index (χ0n) is 13.0. The molecule has 1 aromatic heterocycles. The second-order valence-electron chi connectivity index (χ2n) is 6.24. The highest BCUT2D eigenvalue weighted by Gasteiger charge is 2.34. The van der Waals surface area contributed by atoms with Gasteiger partial charge in [0, 0.05) is 39.3 Å². The molecule has 1 aliphatic carbocycles. The van der Waals surface area contributed by atoms with Crippen LogP contribution in [-0.2, 0) is 7.05 Å². The lowest BCUT2D eigenvalue weighted by atomic mass is 10.1. The van der Waals surface area contributed by atoms with E-state index in [1.807, 2.05) is 36.3 Å². The van der Waals surface area contributed by atoms with Gasteiger partial charge in [-0.15, -0.1) is 0 Å². The molecule has 114 valence electrons. The van der Waals surface area contributed by atoms with Crippen molar-refractivity contribution in [3.8, 4) is 0 Å². The van der Waals surface area contributed by atoms with Gasteiger partial charge in [0.2, 0.25) is 0 Å². The number of carbonyl (C=O) groups is 1. The van der Waals surface area contributed by atoms with E-state index in [0.717, 1.165) is 42.0 Å². The topological polar surface area (TPSA) is 41.4 Å². The lowest BCUT2D eigenvalue weighted by molar-refractivity contribution is 0.0985. The summed E-state index contributed by atoms with van der Waals surface area (Å²) < 4.78 is 1.77. The molecular formula is C17H20N4O. The Hall–Kier alpha value is -2.30. The smallest absolute Gasteiger partial charge is 0.261 e. The number of likely N-dealkylation sites (N-methyl/N-ethyl adjacent to an activating group) is 1. The molecule has 0 atom stereocenters. The predicted octanol–water partition coefficient (Wildman–Crippen LogP) is 2.39. The molecule has 0 bridgehead atoms. The molecular weight excluding hydrogens is 276 g/mol. The number of hydrogen-bond donors (Lipinski definition) is 0. The van der Waals surface area contributed by atoms with E-state index in [4.69, 9.17) is 0 Å². The average Bonchev–Trinajstić information content (AvgIpc) is 3.30. The first kappa shape index (κ1) is 13.4. The third-order valence-electron chi connectivity index (χ3n) is 4.54. The van der Waals surface area contributed by atoms with Gasteiger partial charge in [-0.05, 0) is 25.0 Å². The third kappa shape index (κ3) is 2.08. The summed E-state index contributed by atoms with van der Waals surface area (Å²) in [6.45, 7) is 1.56. The number of para-hydroxylation sites is 2. The van der Waals surface area contributed by atoms with Crippen molar-refractivity contribution in [3.63, 3.8) is 0 Å². The van der Waals surface area contributed by atoms with Crippen molar-refractivity contribution in [2.24, 2.45) is 7.05 Å². The maximum atomic E-state index is 13.1. The maximum Gasteiger partial charge on any atom is 0.261 e. The molecule has 5 heteroatoms. The second kappa shape index (κ2) is 4.87. The summed E-state index contributed by atoms with van der Waals surface area (Å²) in [6.07, 6.45) is 4.17. The zero-order valence-corrected chi connectivity index (χ0v) is 13.0. The largest absolute Gasteiger partial charge is 0.371 e. The molecule has 5 nitrogen and oxygen atoms in total. The Morgan fingerprint density at radius 2 is 1.86 bits per heavy atom. The Morgan fingerprint density at radius 3 is 2.59 bits per heavy atom. The first-order valence-corrected chi connectivity index (χ1v) is 7.80. The first-order chi connectivity index (χ1) is 10.6. The van der Waals surface area contributed by atoms with Crippen molar-refractivity contribution >= 4 is 17.3 Å². The van der Waals surface area contributed by atoms with Crippen molar-refractivity contribution in [3.05, 3.63) is 41.7 Å². The van der Waals surface area contributed by atoms with Gasteiger partial charge in [0.05, 0.1) is 22.6 Å². The van der Waals surface area contributed by atoms with Crippen LogP contribution in [0.15, 0.2) is 30.5 Å². The fraction of sp³-hybridized carbons (Fsp3) is 0.412. The highest BCUT2D eigenvalue weighted by Crippen LogP contribution is 2.41. The third-order valence-corrected chi connectivity index (χ3v) is 4.54. The highest BCUT2D eigenvalue weighted by molar-refractivity contribution is 6.09. The highest BCUT2D eigenvalue weighted by atomic mass is 16.2. The van der Waals surface area contributed by atoms with Gasteiger partial charge in [0.25, 0.3) is 5.91 Å². The van der Waals surface area contributed by atoms with Crippen LogP contribution < -0.4 is 9.80 Å². The van der Waals surface area contributed by atoms with Gasteiger partial charge >= 0.3 is 0 Å². The summed E-state index contributed by atoms with van der Waals surface area (Å²) in [5.74, 6) is 0.554. The van der Waals surface area contributed by atoms with Crippen molar-refractivity contribution in [1.82, 2.24) is 9.78 Å². The molecule has 1 saturated carbocycles. The van der Waals surface area contributed by atoms with E-state index in [9.17, 15) is 4.79 Å². The predicted molar refractivity (Wildman–Crippen MR) is 86.6 cm³/mol. The van der Waals surface area contributed by atoms with Crippen molar-refractivity contribution in [1.29, 1.82) is 0 Å². The van der Waals surface area contributed by atoms with Gasteiger partial charge < -0.3 is 9.80 Å². The Morgan fingerprint density at radius 1 is 1.14 bits per heavy atom. The minimum atomic E-state index is 0.0792. The SMILES string of the molecule is CN1CCN(C(=O)c2cn(C)nc2C2CC2)c2ccccc21. The van der Waals surface area contributed by atoms with Gasteiger partial charge in [-0.2, -0.15) is 5.10 Å². The second-order valence-corrected chi connectivity index (χ2v) is 6.24. The van der Waals surface area contributed by atoms with Crippen LogP contribution in [0.4, 0.5) is 11.4 Å². The molecule has 0 N–H and O–H groups in total. The summed E-state index contributed by atoms with van der Waals surface area (Å²) in [4.78, 5) is 17.2. The van der Waals surface area contributed by atoms with Crippen LogP contribution in [0.2, 0.25) is 0 Å². The van der Waals surface area contributed by atoms with E-state index < -0.39 is 0 Å². The number of anilines is 2. The molecule has 2 aliphatic rings. The number of benzene rings is 1. The van der Waals surface area contributed by atoms with E-state index in [2.05, 4.69) is 23.1 Å². The Bertz CT molecular complexity index is 732. The van der Waals surface area contributed by atoms with Crippen LogP contribution in [0.3, 0.4) is 0 Å². The Balaban J connectivity index is 1.73. The molecule has 0 spiro atoms. The Kier molecular flexibility index (Phi) is 2.96. The number of aromatic nitrogens is 2. The molecule has 0 unspecified atom stereocenters. The number of amides is 1. The van der Waals surface area contributed by atoms with Gasteiger partial charge in [0.15, 0.2) is 0 Å². The van der Waals surface area contributed by atoms with Crippen molar-refractivity contribution in [2.45, 2.75) is 18.8 Å². The number of fused-ring (bicyclic) bond motifs is 1. The van der Waals surface area contributed by atoms with Crippen LogP contribution >= 0.6 is 0 Å². The zero-order chi connectivity index (χ0) is 15.3. The quantitative estimate of drug-likeness (QED) is 0.854. The van der Waals surface area contributed by atoms with Crippen molar-refractivity contribution < 1.29 is 4.79 Å². The normalized spacial score (nSPS) is 17.5. The lowest BCUT2D eigenvalue weighted by Gasteiger charge is -2.35. The van der Waals surface area contributed by atoms with Crippen LogP contribution in [-0.4, -0.2) is 35.8 Å². The molecule has 22 heavy (non-hydrogen) atoms. The van der Waals surface area contributed by atoms with Crippen LogP contribution in [0, 0.1) is 0 Å². The number of hydrogen-bond acceptors (Lipinski definition) is 3. The van der Waals surface area contributed by atoms with Gasteiger partial charge in [-0.1, -0.05) is 12.1 Å². The van der Waals surface area contributed by atoms with Gasteiger partial charge in [0.1, 0.15) is 0 Å². The number of nitrogens with zero attached hydrogens (tertiary/aromatic N) is 4. The van der Waals surface area contributed by atoms with Crippen LogP contribution in [0.25, 0.3) is 0 Å². The molecule has 2 heterocycles. The fourth-order valence-corrected chi connectivity index (χ4v) is 3.19. The summed E-state index contributed by atoms with van der Waals surface area (Å²) in [5.41, 5.74) is 3.85. The van der Waals surface area contributed by atoms with Crippen molar-refractivity contribution in [2.75, 3.05) is 29.9 Å². The van der Waals surface area contributed by atoms with Crippen LogP contribution in [0.1, 0.15) is 34.8 Å². The molecule has 1 aliphatic heterocycles. The van der Waals surface area contributed by atoms with Gasteiger partial charge in [-0.25, -0.2) is 0 Å². The molecule has 2 aromatic rings. The van der Waals surface area contributed by atoms with E-state index >= 15 is 0 Å². The average molecular weight is 296 g/mol. The summed E-state index contributed by atoms with van der Waals surface area (Å²) in [6, 6.07) is 8.10. The molecule has 0 saturated heterocycles. The number of aryl methyl sites for hydroxylation is 1.